The molecule has 14 heavy (non-hydrogen) atoms. The Morgan fingerprint density at radius 2 is 2.21 bits per heavy atom. The van der Waals surface area contributed by atoms with E-state index < -0.39 is 0 Å². The quantitative estimate of drug-likeness (QED) is 0.516. The zero-order valence-electron chi connectivity index (χ0n) is 7.62. The second kappa shape index (κ2) is 6.08. The molecule has 1 aromatic carbocycles. The molecule has 0 saturated carbocycles. The average Bonchev–Trinajstić information content (AvgIpc) is 2.04. The van der Waals surface area contributed by atoms with Crippen LogP contribution in [-0.2, 0) is 4.74 Å². The summed E-state index contributed by atoms with van der Waals surface area (Å²) in [6, 6.07) is 5.24. The van der Waals surface area contributed by atoms with Gasteiger partial charge in [-0.05, 0) is 47.7 Å². The fourth-order valence-electron chi connectivity index (χ4n) is 0.928. The maximum atomic E-state index is 11.3. The number of hydrogen-bond acceptors (Lipinski definition) is 3. The van der Waals surface area contributed by atoms with Crippen LogP contribution in [0.5, 0.6) is 0 Å². The van der Waals surface area contributed by atoms with E-state index in [-0.39, 0.29) is 18.4 Å². The Morgan fingerprint density at radius 3 is 2.71 bits per heavy atom. The van der Waals surface area contributed by atoms with Crippen LogP contribution < -0.4 is 5.73 Å². The van der Waals surface area contributed by atoms with Crippen molar-refractivity contribution in [2.75, 3.05) is 12.3 Å². The summed E-state index contributed by atoms with van der Waals surface area (Å²) in [5.74, 6) is -0.364. The van der Waals surface area contributed by atoms with Gasteiger partial charge in [0, 0.05) is 9.26 Å². The van der Waals surface area contributed by atoms with Crippen molar-refractivity contribution in [3.8, 4) is 0 Å². The maximum Gasteiger partial charge on any atom is 0.340 e. The van der Waals surface area contributed by atoms with E-state index in [1.54, 1.807) is 19.1 Å². The molecule has 0 radical (unpaired) electrons. The molecule has 3 nitrogen and oxygen atoms in total. The largest absolute Gasteiger partial charge is 0.462 e. The fraction of sp³-hybridized carbons (Fsp3) is 0.222. The van der Waals surface area contributed by atoms with Gasteiger partial charge in [-0.3, -0.25) is 0 Å². The predicted octanol–water partition coefficient (Wildman–Crippen LogP) is 2.47. The van der Waals surface area contributed by atoms with Crippen molar-refractivity contribution in [1.82, 2.24) is 0 Å². The number of esters is 1. The highest BCUT2D eigenvalue weighted by Gasteiger charge is 2.09. The molecule has 0 aliphatic heterocycles. The van der Waals surface area contributed by atoms with Crippen LogP contribution in [-0.4, -0.2) is 12.6 Å². The Balaban J connectivity index is 0.00000169. The van der Waals surface area contributed by atoms with Crippen LogP contribution in [0.25, 0.3) is 0 Å². The Kier molecular flexibility index (Phi) is 5.87. The number of carbonyl (C=O) groups is 1. The summed E-state index contributed by atoms with van der Waals surface area (Å²) in [6.07, 6.45) is 0. The number of ether oxygens (including phenoxy) is 1. The van der Waals surface area contributed by atoms with Gasteiger partial charge in [-0.2, -0.15) is 0 Å². The minimum absolute atomic E-state index is 0. The molecule has 0 saturated heterocycles. The van der Waals surface area contributed by atoms with Crippen LogP contribution in [0.3, 0.4) is 0 Å². The van der Waals surface area contributed by atoms with Crippen LogP contribution in [0.15, 0.2) is 18.2 Å². The van der Waals surface area contributed by atoms with Gasteiger partial charge in [0.05, 0.1) is 12.2 Å². The van der Waals surface area contributed by atoms with Gasteiger partial charge in [0.25, 0.3) is 0 Å². The second-order valence-electron chi connectivity index (χ2n) is 2.45. The van der Waals surface area contributed by atoms with Crippen molar-refractivity contribution in [3.63, 3.8) is 0 Å². The van der Waals surface area contributed by atoms with Crippen LogP contribution >= 0.6 is 35.0 Å². The number of nitrogens with two attached hydrogens (primary N) is 1. The summed E-state index contributed by atoms with van der Waals surface area (Å²) in [4.78, 5) is 11.3. The van der Waals surface area contributed by atoms with Crippen molar-refractivity contribution in [1.29, 1.82) is 0 Å². The molecule has 0 atom stereocenters. The van der Waals surface area contributed by atoms with E-state index in [2.05, 4.69) is 22.6 Å². The number of nitrogen functional groups attached to an aromatic ring is 1. The molecule has 0 aliphatic rings. The van der Waals surface area contributed by atoms with Gasteiger partial charge in [0.15, 0.2) is 0 Å². The lowest BCUT2D eigenvalue weighted by molar-refractivity contribution is 0.0527. The summed E-state index contributed by atoms with van der Waals surface area (Å²) in [6.45, 7) is 2.13. The summed E-state index contributed by atoms with van der Waals surface area (Å²) < 4.78 is 5.83. The molecule has 0 heterocycles. The number of rotatable bonds is 2. The molecule has 0 bridgehead atoms. The van der Waals surface area contributed by atoms with E-state index in [1.165, 1.54) is 0 Å². The van der Waals surface area contributed by atoms with E-state index in [1.807, 2.05) is 6.07 Å². The Bertz CT molecular complexity index is 331. The molecule has 1 rings (SSSR count). The number of anilines is 1. The van der Waals surface area contributed by atoms with Gasteiger partial charge in [-0.1, -0.05) is 0 Å². The van der Waals surface area contributed by atoms with E-state index >= 15 is 0 Å². The minimum atomic E-state index is -0.364. The van der Waals surface area contributed by atoms with Crippen LogP contribution in [0.4, 0.5) is 5.69 Å². The van der Waals surface area contributed by atoms with Crippen LogP contribution in [0.1, 0.15) is 17.3 Å². The molecule has 0 amide bonds. The first-order valence-electron chi connectivity index (χ1n) is 3.87. The van der Waals surface area contributed by atoms with E-state index in [0.717, 1.165) is 3.57 Å². The van der Waals surface area contributed by atoms with Crippen molar-refractivity contribution < 1.29 is 9.53 Å². The number of benzene rings is 1. The highest BCUT2D eigenvalue weighted by molar-refractivity contribution is 14.1. The molecular formula is C9H11ClINO2. The monoisotopic (exact) mass is 327 g/mol. The summed E-state index contributed by atoms with van der Waals surface area (Å²) in [5, 5.41) is 0. The molecule has 0 spiro atoms. The highest BCUT2D eigenvalue weighted by atomic mass is 127. The highest BCUT2D eigenvalue weighted by Crippen LogP contribution is 2.16. The van der Waals surface area contributed by atoms with Gasteiger partial charge in [0.1, 0.15) is 0 Å². The third kappa shape index (κ3) is 3.34. The zero-order valence-corrected chi connectivity index (χ0v) is 10.6. The van der Waals surface area contributed by atoms with Gasteiger partial charge < -0.3 is 10.5 Å². The van der Waals surface area contributed by atoms with Crippen LogP contribution in [0, 0.1) is 3.57 Å². The molecule has 0 aliphatic carbocycles. The predicted molar refractivity (Wildman–Crippen MR) is 66.8 cm³/mol. The number of halogens is 2. The third-order valence-corrected chi connectivity index (χ3v) is 2.18. The average molecular weight is 328 g/mol. The smallest absolute Gasteiger partial charge is 0.340 e. The Hall–Kier alpha value is -0.490. The summed E-state index contributed by atoms with van der Waals surface area (Å²) in [5.41, 5.74) is 6.54. The molecule has 5 heteroatoms. The molecule has 78 valence electrons. The first kappa shape index (κ1) is 13.5. The maximum absolute atomic E-state index is 11.3. The standard InChI is InChI=1S/C9H10INO2.ClH/c1-2-13-9(12)7-4-3-6(10)5-8(7)11;/h3-5H,2,11H2,1H3;1H. The van der Waals surface area contributed by atoms with Crippen molar-refractivity contribution >= 4 is 46.7 Å². The number of carbonyl (C=O) groups excluding carboxylic acids is 1. The van der Waals surface area contributed by atoms with Gasteiger partial charge >= 0.3 is 5.97 Å². The Morgan fingerprint density at radius 1 is 1.57 bits per heavy atom. The fourth-order valence-corrected chi connectivity index (χ4v) is 1.44. The second-order valence-corrected chi connectivity index (χ2v) is 3.70. The summed E-state index contributed by atoms with van der Waals surface area (Å²) >= 11 is 2.13. The van der Waals surface area contributed by atoms with E-state index in [0.29, 0.717) is 17.9 Å². The first-order chi connectivity index (χ1) is 6.15. The van der Waals surface area contributed by atoms with Gasteiger partial charge in [-0.15, -0.1) is 12.4 Å². The first-order valence-corrected chi connectivity index (χ1v) is 4.95. The van der Waals surface area contributed by atoms with Gasteiger partial charge in [-0.25, -0.2) is 4.79 Å². The van der Waals surface area contributed by atoms with Crippen molar-refractivity contribution in [2.45, 2.75) is 6.92 Å². The van der Waals surface area contributed by atoms with Crippen molar-refractivity contribution in [3.05, 3.63) is 27.3 Å². The van der Waals surface area contributed by atoms with Crippen molar-refractivity contribution in [2.24, 2.45) is 0 Å². The van der Waals surface area contributed by atoms with E-state index in [4.69, 9.17) is 10.5 Å². The van der Waals surface area contributed by atoms with E-state index in [9.17, 15) is 4.79 Å². The normalized spacial score (nSPS) is 9.00. The molecular weight excluding hydrogens is 316 g/mol. The summed E-state index contributed by atoms with van der Waals surface area (Å²) in [7, 11) is 0. The molecule has 0 aromatic heterocycles. The topological polar surface area (TPSA) is 52.3 Å². The molecule has 0 unspecified atom stereocenters. The minimum Gasteiger partial charge on any atom is -0.462 e. The molecule has 2 N–H and O–H groups in total. The van der Waals surface area contributed by atoms with Gasteiger partial charge in [0.2, 0.25) is 0 Å². The lowest BCUT2D eigenvalue weighted by Crippen LogP contribution is -2.07. The Labute approximate surface area is 103 Å². The SMILES string of the molecule is CCOC(=O)c1ccc(I)cc1N.Cl. The van der Waals surface area contributed by atoms with Crippen LogP contribution in [0.2, 0.25) is 0 Å². The molecule has 0 fully saturated rings. The molecule has 1 aromatic rings. The lowest BCUT2D eigenvalue weighted by Gasteiger charge is -2.04. The third-order valence-electron chi connectivity index (χ3n) is 1.51. The number of hydrogen-bond donors (Lipinski definition) is 1. The lowest BCUT2D eigenvalue weighted by atomic mass is 10.2. The zero-order chi connectivity index (χ0) is 9.84.